The summed E-state index contributed by atoms with van der Waals surface area (Å²) in [7, 11) is 0. The molecule has 0 amide bonds. The molecule has 0 saturated carbocycles. The molecule has 0 aromatic carbocycles. The van der Waals surface area contributed by atoms with Crippen LogP contribution in [-0.2, 0) is 6.54 Å². The molecule has 1 unspecified atom stereocenters. The number of halogens is 1. The third kappa shape index (κ3) is 1.85. The largest absolute Gasteiger partial charge is 0.354 e. The fourth-order valence-electron chi connectivity index (χ4n) is 1.69. The maximum Gasteiger partial charge on any atom is 0.128 e. The van der Waals surface area contributed by atoms with Crippen LogP contribution in [-0.4, -0.2) is 24.2 Å². The van der Waals surface area contributed by atoms with Crippen LogP contribution >= 0.6 is 0 Å². The number of alkyl halides is 1. The van der Waals surface area contributed by atoms with E-state index in [0.29, 0.717) is 19.5 Å². The van der Waals surface area contributed by atoms with Gasteiger partial charge in [0, 0.05) is 19.3 Å². The topological polar surface area (TPSA) is 42.1 Å². The molecule has 1 saturated heterocycles. The summed E-state index contributed by atoms with van der Waals surface area (Å²) >= 11 is 0. The van der Waals surface area contributed by atoms with Gasteiger partial charge in [0.2, 0.25) is 0 Å². The summed E-state index contributed by atoms with van der Waals surface area (Å²) in [4.78, 5) is 6.17. The van der Waals surface area contributed by atoms with E-state index in [0.717, 1.165) is 17.9 Å². The highest BCUT2D eigenvalue weighted by Gasteiger charge is 2.22. The Bertz CT molecular complexity index is 316. The first-order valence-electron chi connectivity index (χ1n) is 4.83. The van der Waals surface area contributed by atoms with Gasteiger partial charge >= 0.3 is 0 Å². The van der Waals surface area contributed by atoms with E-state index in [9.17, 15) is 4.39 Å². The third-order valence-corrected chi connectivity index (χ3v) is 2.50. The minimum atomic E-state index is -0.710. The Hall–Kier alpha value is -1.16. The molecule has 1 atom stereocenters. The predicted molar refractivity (Wildman–Crippen MR) is 53.9 cm³/mol. The quantitative estimate of drug-likeness (QED) is 0.768. The van der Waals surface area contributed by atoms with E-state index in [1.807, 2.05) is 17.0 Å². The number of hydrogen-bond donors (Lipinski definition) is 1. The lowest BCUT2D eigenvalue weighted by atomic mass is 10.2. The first-order valence-corrected chi connectivity index (χ1v) is 4.83. The Kier molecular flexibility index (Phi) is 2.63. The van der Waals surface area contributed by atoms with Crippen LogP contribution in [0.2, 0.25) is 0 Å². The highest BCUT2D eigenvalue weighted by molar-refractivity contribution is 5.42. The fourth-order valence-corrected chi connectivity index (χ4v) is 1.69. The minimum Gasteiger partial charge on any atom is -0.354 e. The molecule has 0 radical (unpaired) electrons. The van der Waals surface area contributed by atoms with Crippen molar-refractivity contribution in [3.8, 4) is 0 Å². The van der Waals surface area contributed by atoms with Gasteiger partial charge in [-0.05, 0) is 24.1 Å². The van der Waals surface area contributed by atoms with Gasteiger partial charge in [0.05, 0.1) is 6.54 Å². The highest BCUT2D eigenvalue weighted by atomic mass is 19.1. The van der Waals surface area contributed by atoms with E-state index < -0.39 is 6.17 Å². The summed E-state index contributed by atoms with van der Waals surface area (Å²) in [5.74, 6) is 0.841. The Balaban J connectivity index is 2.15. The summed E-state index contributed by atoms with van der Waals surface area (Å²) in [6, 6.07) is 3.81. The molecule has 2 rings (SSSR count). The van der Waals surface area contributed by atoms with Crippen LogP contribution in [0.1, 0.15) is 12.0 Å². The van der Waals surface area contributed by atoms with Gasteiger partial charge in [-0.2, -0.15) is 0 Å². The summed E-state index contributed by atoms with van der Waals surface area (Å²) in [5, 5.41) is 0. The average Bonchev–Trinajstić information content (AvgIpc) is 2.65. The molecule has 2 N–H and O–H groups in total. The molecule has 1 aromatic rings. The molecule has 76 valence electrons. The summed E-state index contributed by atoms with van der Waals surface area (Å²) in [6.45, 7) is 1.71. The average molecular weight is 195 g/mol. The zero-order valence-corrected chi connectivity index (χ0v) is 7.99. The van der Waals surface area contributed by atoms with Gasteiger partial charge in [-0.25, -0.2) is 9.37 Å². The van der Waals surface area contributed by atoms with E-state index in [-0.39, 0.29) is 0 Å². The van der Waals surface area contributed by atoms with Crippen molar-refractivity contribution in [1.29, 1.82) is 0 Å². The minimum absolute atomic E-state index is 0.459. The summed E-state index contributed by atoms with van der Waals surface area (Å²) in [6.07, 6.45) is 1.62. The van der Waals surface area contributed by atoms with Crippen molar-refractivity contribution in [1.82, 2.24) is 4.98 Å². The zero-order chi connectivity index (χ0) is 9.97. The molecule has 1 aliphatic heterocycles. The van der Waals surface area contributed by atoms with Gasteiger partial charge in [-0.1, -0.05) is 0 Å². The molecule has 1 fully saturated rings. The normalized spacial score (nSPS) is 21.6. The zero-order valence-electron chi connectivity index (χ0n) is 7.99. The Morgan fingerprint density at radius 3 is 3.14 bits per heavy atom. The molecule has 0 bridgehead atoms. The lowest BCUT2D eigenvalue weighted by Crippen LogP contribution is -2.21. The molecular weight excluding hydrogens is 181 g/mol. The smallest absolute Gasteiger partial charge is 0.128 e. The molecule has 14 heavy (non-hydrogen) atoms. The standard InChI is InChI=1S/C10H14FN3/c11-9-2-4-14(7-9)10-5-8(6-12)1-3-13-10/h1,3,5,9H,2,4,6-7,12H2. The molecule has 0 aliphatic carbocycles. The molecule has 1 aliphatic rings. The molecule has 2 heterocycles. The van der Waals surface area contributed by atoms with Crippen LogP contribution in [0.3, 0.4) is 0 Å². The van der Waals surface area contributed by atoms with Crippen molar-refractivity contribution in [2.75, 3.05) is 18.0 Å². The Labute approximate surface area is 82.7 Å². The van der Waals surface area contributed by atoms with Gasteiger partial charge < -0.3 is 10.6 Å². The van der Waals surface area contributed by atoms with Crippen LogP contribution in [0, 0.1) is 0 Å². The van der Waals surface area contributed by atoms with Crippen molar-refractivity contribution in [3.05, 3.63) is 23.9 Å². The molecule has 0 spiro atoms. The molecule has 4 heteroatoms. The number of hydrogen-bond acceptors (Lipinski definition) is 3. The van der Waals surface area contributed by atoms with E-state index in [2.05, 4.69) is 4.98 Å². The number of nitrogens with zero attached hydrogens (tertiary/aromatic N) is 2. The number of rotatable bonds is 2. The lowest BCUT2D eigenvalue weighted by molar-refractivity contribution is 0.364. The van der Waals surface area contributed by atoms with Crippen molar-refractivity contribution in [3.63, 3.8) is 0 Å². The SMILES string of the molecule is NCc1ccnc(N2CCC(F)C2)c1. The van der Waals surface area contributed by atoms with Crippen molar-refractivity contribution < 1.29 is 4.39 Å². The molecule has 1 aromatic heterocycles. The summed E-state index contributed by atoms with van der Waals surface area (Å²) < 4.78 is 12.9. The number of anilines is 1. The fraction of sp³-hybridized carbons (Fsp3) is 0.500. The van der Waals surface area contributed by atoms with Gasteiger partial charge in [-0.15, -0.1) is 0 Å². The number of aromatic nitrogens is 1. The van der Waals surface area contributed by atoms with Gasteiger partial charge in [0.25, 0.3) is 0 Å². The van der Waals surface area contributed by atoms with Crippen LogP contribution < -0.4 is 10.6 Å². The Morgan fingerprint density at radius 2 is 2.50 bits per heavy atom. The number of pyridine rings is 1. The van der Waals surface area contributed by atoms with E-state index in [4.69, 9.17) is 5.73 Å². The second kappa shape index (κ2) is 3.92. The van der Waals surface area contributed by atoms with Gasteiger partial charge in [-0.3, -0.25) is 0 Å². The van der Waals surface area contributed by atoms with Crippen molar-refractivity contribution >= 4 is 5.82 Å². The highest BCUT2D eigenvalue weighted by Crippen LogP contribution is 2.20. The molecule has 3 nitrogen and oxygen atoms in total. The third-order valence-electron chi connectivity index (χ3n) is 2.50. The second-order valence-corrected chi connectivity index (χ2v) is 3.56. The van der Waals surface area contributed by atoms with E-state index in [1.54, 1.807) is 6.20 Å². The summed E-state index contributed by atoms with van der Waals surface area (Å²) in [5.41, 5.74) is 6.56. The predicted octanol–water partition coefficient (Wildman–Crippen LogP) is 1.09. The monoisotopic (exact) mass is 195 g/mol. The second-order valence-electron chi connectivity index (χ2n) is 3.56. The van der Waals surface area contributed by atoms with E-state index in [1.165, 1.54) is 0 Å². The van der Waals surface area contributed by atoms with Crippen LogP contribution in [0.4, 0.5) is 10.2 Å². The maximum atomic E-state index is 12.9. The Morgan fingerprint density at radius 1 is 1.64 bits per heavy atom. The maximum absolute atomic E-state index is 12.9. The first kappa shape index (κ1) is 9.40. The van der Waals surface area contributed by atoms with Crippen molar-refractivity contribution in [2.24, 2.45) is 5.73 Å². The first-order chi connectivity index (χ1) is 6.79. The van der Waals surface area contributed by atoms with Crippen LogP contribution in [0.5, 0.6) is 0 Å². The number of nitrogens with two attached hydrogens (primary N) is 1. The van der Waals surface area contributed by atoms with Gasteiger partial charge in [0.15, 0.2) is 0 Å². The molecular formula is C10H14FN3. The van der Waals surface area contributed by atoms with Crippen molar-refractivity contribution in [2.45, 2.75) is 19.1 Å². The van der Waals surface area contributed by atoms with Crippen LogP contribution in [0.15, 0.2) is 18.3 Å². The van der Waals surface area contributed by atoms with Gasteiger partial charge in [0.1, 0.15) is 12.0 Å². The lowest BCUT2D eigenvalue weighted by Gasteiger charge is -2.16. The van der Waals surface area contributed by atoms with E-state index >= 15 is 0 Å². The van der Waals surface area contributed by atoms with Crippen LogP contribution in [0.25, 0.3) is 0 Å².